The molecule has 0 spiro atoms. The largest absolute Gasteiger partial charge is 0.508 e. The fraction of sp³-hybridized carbons (Fsp3) is 0.318. The average Bonchev–Trinajstić information content (AvgIpc) is 3.29. The quantitative estimate of drug-likeness (QED) is 0.311. The zero-order chi connectivity index (χ0) is 24.7. The predicted octanol–water partition coefficient (Wildman–Crippen LogP) is 6.06. The number of H-pyrrole nitrogens is 1. The van der Waals surface area contributed by atoms with E-state index in [1.165, 1.54) is 29.8 Å². The molecule has 0 aliphatic carbocycles. The fourth-order valence-electron chi connectivity index (χ4n) is 3.53. The van der Waals surface area contributed by atoms with Gasteiger partial charge in [0.05, 0.1) is 22.3 Å². The molecular formula is C22H24F3N5O2S. The standard InChI is InChI=1S/C20H18F3N5O2S.C2H6/c1-9(2)11-7-12(16(30)8-15(11)29)17-25-26-19(31)28(17)10-4-5-14-13(6-10)24-18(27(14)3)20(21,22)23;1-2/h4-9,29-30H,1-3H3,(H,26,31);1-2H3. The first-order valence-electron chi connectivity index (χ1n) is 10.3. The molecule has 0 unspecified atom stereocenters. The maximum absolute atomic E-state index is 13.2. The van der Waals surface area contributed by atoms with Crippen LogP contribution in [-0.4, -0.2) is 34.5 Å². The van der Waals surface area contributed by atoms with E-state index in [0.717, 1.165) is 4.57 Å². The van der Waals surface area contributed by atoms with E-state index in [4.69, 9.17) is 12.2 Å². The molecule has 11 heteroatoms. The zero-order valence-electron chi connectivity index (χ0n) is 18.7. The molecule has 2 aromatic heterocycles. The number of aryl methyl sites for hydroxylation is 1. The van der Waals surface area contributed by atoms with Gasteiger partial charge in [-0.15, -0.1) is 0 Å². The second-order valence-electron chi connectivity index (χ2n) is 7.44. The highest BCUT2D eigenvalue weighted by molar-refractivity contribution is 7.71. The third-order valence-corrected chi connectivity index (χ3v) is 5.33. The highest BCUT2D eigenvalue weighted by atomic mass is 32.1. The van der Waals surface area contributed by atoms with Crippen molar-refractivity contribution in [2.24, 2.45) is 7.05 Å². The van der Waals surface area contributed by atoms with Crippen LogP contribution >= 0.6 is 12.2 Å². The van der Waals surface area contributed by atoms with Gasteiger partial charge >= 0.3 is 6.18 Å². The van der Waals surface area contributed by atoms with Gasteiger partial charge in [0.15, 0.2) is 10.6 Å². The normalized spacial score (nSPS) is 11.7. The molecular weight excluding hydrogens is 455 g/mol. The lowest BCUT2D eigenvalue weighted by Gasteiger charge is -2.13. The average molecular weight is 480 g/mol. The van der Waals surface area contributed by atoms with Crippen molar-refractivity contribution in [1.82, 2.24) is 24.3 Å². The Hall–Kier alpha value is -3.34. The number of benzene rings is 2. The molecule has 0 radical (unpaired) electrons. The summed E-state index contributed by atoms with van der Waals surface area (Å²) in [7, 11) is 1.30. The van der Waals surface area contributed by atoms with Gasteiger partial charge in [0.2, 0.25) is 5.82 Å². The van der Waals surface area contributed by atoms with E-state index in [-0.39, 0.29) is 33.5 Å². The first-order valence-corrected chi connectivity index (χ1v) is 10.7. The molecule has 2 heterocycles. The van der Waals surface area contributed by atoms with Crippen LogP contribution in [0.15, 0.2) is 30.3 Å². The molecule has 33 heavy (non-hydrogen) atoms. The lowest BCUT2D eigenvalue weighted by molar-refractivity contribution is -0.146. The molecule has 3 N–H and O–H groups in total. The van der Waals surface area contributed by atoms with Crippen LogP contribution in [0, 0.1) is 4.77 Å². The van der Waals surface area contributed by atoms with Crippen molar-refractivity contribution < 1.29 is 23.4 Å². The van der Waals surface area contributed by atoms with Crippen LogP contribution in [-0.2, 0) is 13.2 Å². The number of rotatable bonds is 3. The van der Waals surface area contributed by atoms with E-state index < -0.39 is 12.0 Å². The fourth-order valence-corrected chi connectivity index (χ4v) is 3.77. The van der Waals surface area contributed by atoms with Gasteiger partial charge in [-0.3, -0.25) is 9.67 Å². The summed E-state index contributed by atoms with van der Waals surface area (Å²) in [6, 6.07) is 7.42. The number of hydrogen-bond donors (Lipinski definition) is 3. The van der Waals surface area contributed by atoms with Gasteiger partial charge in [0, 0.05) is 13.1 Å². The Labute approximate surface area is 193 Å². The molecule has 4 rings (SSSR count). The Morgan fingerprint density at radius 2 is 1.73 bits per heavy atom. The Kier molecular flexibility index (Phi) is 6.55. The maximum atomic E-state index is 13.2. The van der Waals surface area contributed by atoms with Crippen LogP contribution in [0.4, 0.5) is 13.2 Å². The lowest BCUT2D eigenvalue weighted by atomic mass is 9.98. The van der Waals surface area contributed by atoms with E-state index >= 15 is 0 Å². The van der Waals surface area contributed by atoms with Gasteiger partial charge in [-0.05, 0) is 48.0 Å². The first-order chi connectivity index (χ1) is 15.5. The van der Waals surface area contributed by atoms with Crippen molar-refractivity contribution in [3.05, 3.63) is 46.5 Å². The first kappa shape index (κ1) is 24.3. The molecule has 7 nitrogen and oxygen atoms in total. The number of aromatic hydroxyl groups is 2. The van der Waals surface area contributed by atoms with Crippen molar-refractivity contribution in [3.8, 4) is 28.6 Å². The van der Waals surface area contributed by atoms with Gasteiger partial charge in [0.1, 0.15) is 11.5 Å². The van der Waals surface area contributed by atoms with Crippen LogP contribution in [0.2, 0.25) is 0 Å². The Bertz CT molecular complexity index is 1370. The minimum absolute atomic E-state index is 0.0274. The monoisotopic (exact) mass is 479 g/mol. The molecule has 0 amide bonds. The number of aromatic amines is 1. The van der Waals surface area contributed by atoms with E-state index in [0.29, 0.717) is 22.3 Å². The molecule has 0 atom stereocenters. The minimum Gasteiger partial charge on any atom is -0.508 e. The van der Waals surface area contributed by atoms with Crippen molar-refractivity contribution in [2.45, 2.75) is 39.8 Å². The zero-order valence-corrected chi connectivity index (χ0v) is 19.5. The number of phenols is 2. The third-order valence-electron chi connectivity index (χ3n) is 5.06. The Morgan fingerprint density at radius 1 is 1.06 bits per heavy atom. The second-order valence-corrected chi connectivity index (χ2v) is 7.82. The molecule has 0 fully saturated rings. The number of halogens is 3. The van der Waals surface area contributed by atoms with Crippen molar-refractivity contribution in [2.75, 3.05) is 0 Å². The molecule has 0 aliphatic heterocycles. The molecule has 0 saturated heterocycles. The number of hydrogen-bond acceptors (Lipinski definition) is 5. The minimum atomic E-state index is -4.59. The summed E-state index contributed by atoms with van der Waals surface area (Å²) in [5.41, 5.74) is 1.78. The van der Waals surface area contributed by atoms with Gasteiger partial charge in [-0.25, -0.2) is 4.98 Å². The molecule has 0 aliphatic rings. The highest BCUT2D eigenvalue weighted by Crippen LogP contribution is 2.38. The number of nitrogens with zero attached hydrogens (tertiary/aromatic N) is 4. The number of aromatic nitrogens is 5. The van der Waals surface area contributed by atoms with Crippen molar-refractivity contribution in [1.29, 1.82) is 0 Å². The number of alkyl halides is 3. The molecule has 0 bridgehead atoms. The number of imidazole rings is 1. The number of phenolic OH excluding ortho intramolecular Hbond substituents is 2. The molecule has 2 aromatic carbocycles. The van der Waals surface area contributed by atoms with E-state index in [2.05, 4.69) is 15.2 Å². The summed E-state index contributed by atoms with van der Waals surface area (Å²) in [5.74, 6) is -1.05. The van der Waals surface area contributed by atoms with Crippen LogP contribution in [0.1, 0.15) is 45.0 Å². The molecule has 0 saturated carbocycles. The second kappa shape index (κ2) is 8.89. The lowest BCUT2D eigenvalue weighted by Crippen LogP contribution is -2.12. The summed E-state index contributed by atoms with van der Waals surface area (Å²) < 4.78 is 42.3. The van der Waals surface area contributed by atoms with Crippen LogP contribution < -0.4 is 0 Å². The Balaban J connectivity index is 0.00000149. The van der Waals surface area contributed by atoms with Crippen LogP contribution in [0.5, 0.6) is 11.5 Å². The number of fused-ring (bicyclic) bond motifs is 1. The van der Waals surface area contributed by atoms with Crippen LogP contribution in [0.25, 0.3) is 28.1 Å². The van der Waals surface area contributed by atoms with E-state index in [9.17, 15) is 23.4 Å². The summed E-state index contributed by atoms with van der Waals surface area (Å²) in [5, 5.41) is 27.4. The number of nitrogens with one attached hydrogen (secondary N) is 1. The smallest absolute Gasteiger partial charge is 0.449 e. The van der Waals surface area contributed by atoms with Gasteiger partial charge < -0.3 is 14.8 Å². The summed E-state index contributed by atoms with van der Waals surface area (Å²) >= 11 is 5.33. The molecule has 4 aromatic rings. The summed E-state index contributed by atoms with van der Waals surface area (Å²) in [6.07, 6.45) is -4.59. The van der Waals surface area contributed by atoms with Gasteiger partial charge in [-0.2, -0.15) is 18.3 Å². The van der Waals surface area contributed by atoms with Crippen molar-refractivity contribution >= 4 is 23.3 Å². The highest BCUT2D eigenvalue weighted by Gasteiger charge is 2.36. The van der Waals surface area contributed by atoms with Crippen LogP contribution in [0.3, 0.4) is 0 Å². The summed E-state index contributed by atoms with van der Waals surface area (Å²) in [6.45, 7) is 7.78. The van der Waals surface area contributed by atoms with E-state index in [1.54, 1.807) is 12.1 Å². The third kappa shape index (κ3) is 4.32. The predicted molar refractivity (Wildman–Crippen MR) is 122 cm³/mol. The topological polar surface area (TPSA) is 91.9 Å². The maximum Gasteiger partial charge on any atom is 0.449 e. The SMILES string of the molecule is CC.CC(C)c1cc(-c2n[nH]c(=S)n2-c2ccc3c(c2)nc(C(F)(F)F)n3C)c(O)cc1O. The summed E-state index contributed by atoms with van der Waals surface area (Å²) in [4.78, 5) is 3.73. The van der Waals surface area contributed by atoms with Gasteiger partial charge in [-0.1, -0.05) is 27.7 Å². The van der Waals surface area contributed by atoms with Gasteiger partial charge in [0.25, 0.3) is 0 Å². The van der Waals surface area contributed by atoms with Crippen molar-refractivity contribution in [3.63, 3.8) is 0 Å². The Morgan fingerprint density at radius 3 is 2.33 bits per heavy atom. The van der Waals surface area contributed by atoms with E-state index in [1.807, 2.05) is 27.7 Å². The molecule has 176 valence electrons.